The highest BCUT2D eigenvalue weighted by atomic mass is 32.1. The fourth-order valence-corrected chi connectivity index (χ4v) is 2.72. The highest BCUT2D eigenvalue weighted by Gasteiger charge is 2.12. The Morgan fingerprint density at radius 1 is 1.35 bits per heavy atom. The van der Waals surface area contributed by atoms with Crippen LogP contribution in [0.1, 0.15) is 34.0 Å². The van der Waals surface area contributed by atoms with Crippen LogP contribution in [0.2, 0.25) is 0 Å². The number of rotatable bonds is 4. The topological polar surface area (TPSA) is 33.1 Å². The Kier molecular flexibility index (Phi) is 3.92. The van der Waals surface area contributed by atoms with Crippen molar-refractivity contribution in [2.75, 3.05) is 0 Å². The summed E-state index contributed by atoms with van der Waals surface area (Å²) in [6.07, 6.45) is 2.96. The Morgan fingerprint density at radius 2 is 2.18 bits per heavy atom. The monoisotopic (exact) mass is 247 g/mol. The number of aliphatic hydroxyl groups is 1. The van der Waals surface area contributed by atoms with Crippen LogP contribution in [0.3, 0.4) is 0 Å². The lowest BCUT2D eigenvalue weighted by molar-refractivity contribution is 0.181. The van der Waals surface area contributed by atoms with Gasteiger partial charge in [-0.05, 0) is 37.1 Å². The second-order valence-corrected chi connectivity index (χ2v) is 5.34. The van der Waals surface area contributed by atoms with Gasteiger partial charge in [-0.25, -0.2) is 0 Å². The van der Waals surface area contributed by atoms with Gasteiger partial charge < -0.3 is 5.11 Å². The van der Waals surface area contributed by atoms with E-state index in [4.69, 9.17) is 0 Å². The fraction of sp³-hybridized carbons (Fsp3) is 0.357. The van der Waals surface area contributed by atoms with Crippen molar-refractivity contribution in [1.82, 2.24) is 4.98 Å². The van der Waals surface area contributed by atoms with E-state index in [9.17, 15) is 5.11 Å². The first-order valence-electron chi connectivity index (χ1n) is 5.88. The summed E-state index contributed by atoms with van der Waals surface area (Å²) in [5.74, 6) is 0. The molecule has 17 heavy (non-hydrogen) atoms. The Hall–Kier alpha value is -1.19. The van der Waals surface area contributed by atoms with E-state index in [1.807, 2.05) is 25.1 Å². The standard InChI is InChI=1S/C14H17NOS/c1-3-11-6-7-14(17-11)13(16)9-12-10(2)5-4-8-15-12/h4-8,13,16H,3,9H2,1-2H3. The van der Waals surface area contributed by atoms with E-state index in [0.29, 0.717) is 6.42 Å². The SMILES string of the molecule is CCc1ccc(C(O)Cc2ncccc2C)s1. The molecule has 0 spiro atoms. The quantitative estimate of drug-likeness (QED) is 0.899. The summed E-state index contributed by atoms with van der Waals surface area (Å²) in [6, 6.07) is 8.06. The molecule has 0 bridgehead atoms. The van der Waals surface area contributed by atoms with Crippen LogP contribution in [-0.4, -0.2) is 10.1 Å². The predicted octanol–water partition coefficient (Wildman–Crippen LogP) is 3.29. The molecule has 1 unspecified atom stereocenters. The number of thiophene rings is 1. The molecule has 3 heteroatoms. The van der Waals surface area contributed by atoms with Crippen LogP contribution in [0.4, 0.5) is 0 Å². The maximum absolute atomic E-state index is 10.2. The molecule has 0 saturated heterocycles. The van der Waals surface area contributed by atoms with Gasteiger partial charge in [-0.2, -0.15) is 0 Å². The molecular formula is C14H17NOS. The zero-order valence-corrected chi connectivity index (χ0v) is 11.0. The molecule has 0 saturated carbocycles. The van der Waals surface area contributed by atoms with E-state index in [1.165, 1.54) is 4.88 Å². The molecule has 0 amide bonds. The molecule has 90 valence electrons. The molecule has 2 nitrogen and oxygen atoms in total. The van der Waals surface area contributed by atoms with Gasteiger partial charge in [0.25, 0.3) is 0 Å². The first-order chi connectivity index (χ1) is 8.20. The van der Waals surface area contributed by atoms with Crippen LogP contribution in [0.25, 0.3) is 0 Å². The molecule has 2 aromatic rings. The number of hydrogen-bond donors (Lipinski definition) is 1. The van der Waals surface area contributed by atoms with E-state index in [1.54, 1.807) is 17.5 Å². The largest absolute Gasteiger partial charge is 0.387 e. The lowest BCUT2D eigenvalue weighted by Gasteiger charge is -2.09. The van der Waals surface area contributed by atoms with Crippen molar-refractivity contribution < 1.29 is 5.11 Å². The number of aromatic nitrogens is 1. The van der Waals surface area contributed by atoms with Crippen LogP contribution >= 0.6 is 11.3 Å². The second kappa shape index (κ2) is 5.43. The average molecular weight is 247 g/mol. The van der Waals surface area contributed by atoms with Crippen molar-refractivity contribution >= 4 is 11.3 Å². The van der Waals surface area contributed by atoms with Crippen molar-refractivity contribution in [3.8, 4) is 0 Å². The summed E-state index contributed by atoms with van der Waals surface area (Å²) >= 11 is 1.69. The summed E-state index contributed by atoms with van der Waals surface area (Å²) in [5.41, 5.74) is 2.12. The third-order valence-electron chi connectivity index (χ3n) is 2.86. The predicted molar refractivity (Wildman–Crippen MR) is 71.3 cm³/mol. The number of aliphatic hydroxyl groups excluding tert-OH is 1. The van der Waals surface area contributed by atoms with Crippen molar-refractivity contribution in [3.63, 3.8) is 0 Å². The third-order valence-corrected chi connectivity index (χ3v) is 4.19. The zero-order chi connectivity index (χ0) is 12.3. The van der Waals surface area contributed by atoms with Gasteiger partial charge >= 0.3 is 0 Å². The van der Waals surface area contributed by atoms with E-state index >= 15 is 0 Å². The summed E-state index contributed by atoms with van der Waals surface area (Å²) in [6.45, 7) is 4.16. The smallest absolute Gasteiger partial charge is 0.0937 e. The number of hydrogen-bond acceptors (Lipinski definition) is 3. The number of nitrogens with zero attached hydrogens (tertiary/aromatic N) is 1. The minimum Gasteiger partial charge on any atom is -0.387 e. The summed E-state index contributed by atoms with van der Waals surface area (Å²) in [5, 5.41) is 10.2. The Balaban J connectivity index is 2.11. The molecule has 2 rings (SSSR count). The van der Waals surface area contributed by atoms with E-state index in [2.05, 4.69) is 18.0 Å². The second-order valence-electron chi connectivity index (χ2n) is 4.14. The van der Waals surface area contributed by atoms with Crippen LogP contribution in [-0.2, 0) is 12.8 Å². The maximum Gasteiger partial charge on any atom is 0.0937 e. The van der Waals surface area contributed by atoms with Crippen LogP contribution in [0, 0.1) is 6.92 Å². The van der Waals surface area contributed by atoms with Gasteiger partial charge in [0.1, 0.15) is 0 Å². The van der Waals surface area contributed by atoms with Gasteiger partial charge in [0.05, 0.1) is 6.10 Å². The molecule has 0 aromatic carbocycles. The molecule has 2 aromatic heterocycles. The van der Waals surface area contributed by atoms with Crippen molar-refractivity contribution in [2.24, 2.45) is 0 Å². The lowest BCUT2D eigenvalue weighted by atomic mass is 10.1. The van der Waals surface area contributed by atoms with E-state index < -0.39 is 6.10 Å². The summed E-state index contributed by atoms with van der Waals surface area (Å²) in [4.78, 5) is 6.67. The number of aryl methyl sites for hydroxylation is 2. The van der Waals surface area contributed by atoms with Crippen LogP contribution in [0.5, 0.6) is 0 Å². The molecule has 1 N–H and O–H groups in total. The van der Waals surface area contributed by atoms with Gasteiger partial charge in [0, 0.05) is 28.1 Å². The molecule has 0 aliphatic rings. The first kappa shape index (κ1) is 12.3. The summed E-state index contributed by atoms with van der Waals surface area (Å²) in [7, 11) is 0. The van der Waals surface area contributed by atoms with Gasteiger partial charge in [0.15, 0.2) is 0 Å². The molecule has 2 heterocycles. The lowest BCUT2D eigenvalue weighted by Crippen LogP contribution is -2.03. The van der Waals surface area contributed by atoms with Crippen molar-refractivity contribution in [3.05, 3.63) is 51.5 Å². The minimum absolute atomic E-state index is 0.436. The van der Waals surface area contributed by atoms with Crippen molar-refractivity contribution in [2.45, 2.75) is 32.8 Å². The highest BCUT2D eigenvalue weighted by Crippen LogP contribution is 2.26. The van der Waals surface area contributed by atoms with E-state index in [-0.39, 0.29) is 0 Å². The Bertz CT molecular complexity index is 492. The Labute approximate surface area is 106 Å². The van der Waals surface area contributed by atoms with E-state index in [0.717, 1.165) is 22.6 Å². The average Bonchev–Trinajstić information content (AvgIpc) is 2.81. The molecule has 0 aliphatic heterocycles. The molecule has 1 atom stereocenters. The zero-order valence-electron chi connectivity index (χ0n) is 10.2. The fourth-order valence-electron chi connectivity index (χ4n) is 1.78. The number of pyridine rings is 1. The van der Waals surface area contributed by atoms with Gasteiger partial charge in [-0.3, -0.25) is 4.98 Å². The van der Waals surface area contributed by atoms with Crippen LogP contribution in [0.15, 0.2) is 30.5 Å². The molecule has 0 radical (unpaired) electrons. The van der Waals surface area contributed by atoms with Gasteiger partial charge in [-0.15, -0.1) is 11.3 Å². The van der Waals surface area contributed by atoms with Gasteiger partial charge in [0.2, 0.25) is 0 Å². The summed E-state index contributed by atoms with van der Waals surface area (Å²) < 4.78 is 0. The molecule has 0 fully saturated rings. The normalized spacial score (nSPS) is 12.6. The molecule has 0 aliphatic carbocycles. The molecular weight excluding hydrogens is 230 g/mol. The van der Waals surface area contributed by atoms with Crippen LogP contribution < -0.4 is 0 Å². The first-order valence-corrected chi connectivity index (χ1v) is 6.69. The highest BCUT2D eigenvalue weighted by molar-refractivity contribution is 7.12. The minimum atomic E-state index is -0.436. The maximum atomic E-state index is 10.2. The van der Waals surface area contributed by atoms with Gasteiger partial charge in [-0.1, -0.05) is 13.0 Å². The third kappa shape index (κ3) is 2.93. The van der Waals surface area contributed by atoms with Crippen molar-refractivity contribution in [1.29, 1.82) is 0 Å². The Morgan fingerprint density at radius 3 is 2.82 bits per heavy atom.